The van der Waals surface area contributed by atoms with Crippen molar-refractivity contribution in [3.8, 4) is 0 Å². The number of rotatable bonds is 5. The molecule has 0 saturated heterocycles. The number of carbonyl (C=O) groups excluding carboxylic acids is 1. The number of benzene rings is 1. The Kier molecular flexibility index (Phi) is 5.28. The van der Waals surface area contributed by atoms with E-state index < -0.39 is 0 Å². The molecule has 0 aliphatic carbocycles. The van der Waals surface area contributed by atoms with Gasteiger partial charge in [-0.15, -0.1) is 0 Å². The molecule has 2 nitrogen and oxygen atoms in total. The SMILES string of the molecule is CC(=O)[C@H](CNC(C)C)c1ccc(Br)c(F)c1. The lowest BCUT2D eigenvalue weighted by atomic mass is 9.95. The average Bonchev–Trinajstić information content (AvgIpc) is 2.22. The maximum Gasteiger partial charge on any atom is 0.138 e. The molecule has 0 saturated carbocycles. The molecule has 0 heterocycles. The van der Waals surface area contributed by atoms with E-state index in [2.05, 4.69) is 21.2 Å². The van der Waals surface area contributed by atoms with Gasteiger partial charge in [-0.25, -0.2) is 4.39 Å². The molecule has 4 heteroatoms. The highest BCUT2D eigenvalue weighted by Gasteiger charge is 2.18. The number of halogens is 2. The first kappa shape index (κ1) is 14.3. The van der Waals surface area contributed by atoms with Crippen molar-refractivity contribution in [1.29, 1.82) is 0 Å². The Labute approximate surface area is 110 Å². The third kappa shape index (κ3) is 4.21. The van der Waals surface area contributed by atoms with Crippen LogP contribution in [0, 0.1) is 5.82 Å². The summed E-state index contributed by atoms with van der Waals surface area (Å²) in [4.78, 5) is 11.6. The van der Waals surface area contributed by atoms with Gasteiger partial charge in [-0.3, -0.25) is 4.79 Å². The van der Waals surface area contributed by atoms with E-state index in [1.165, 1.54) is 13.0 Å². The Hall–Kier alpha value is -0.740. The predicted molar refractivity (Wildman–Crippen MR) is 70.7 cm³/mol. The number of carbonyl (C=O) groups is 1. The Morgan fingerprint density at radius 2 is 2.12 bits per heavy atom. The van der Waals surface area contributed by atoms with Crippen LogP contribution in [0.15, 0.2) is 22.7 Å². The Morgan fingerprint density at radius 3 is 2.59 bits per heavy atom. The van der Waals surface area contributed by atoms with Crippen LogP contribution in [0.1, 0.15) is 32.3 Å². The lowest BCUT2D eigenvalue weighted by molar-refractivity contribution is -0.118. The van der Waals surface area contributed by atoms with Crippen LogP contribution in [0.5, 0.6) is 0 Å². The quantitative estimate of drug-likeness (QED) is 0.904. The van der Waals surface area contributed by atoms with Gasteiger partial charge in [0.25, 0.3) is 0 Å². The van der Waals surface area contributed by atoms with Crippen molar-refractivity contribution in [2.75, 3.05) is 6.54 Å². The van der Waals surface area contributed by atoms with E-state index in [1.807, 2.05) is 13.8 Å². The van der Waals surface area contributed by atoms with E-state index in [1.54, 1.807) is 12.1 Å². The lowest BCUT2D eigenvalue weighted by Gasteiger charge is -2.17. The van der Waals surface area contributed by atoms with Crippen LogP contribution in [0.2, 0.25) is 0 Å². The summed E-state index contributed by atoms with van der Waals surface area (Å²) in [6, 6.07) is 5.13. The summed E-state index contributed by atoms with van der Waals surface area (Å²) in [6.45, 7) is 6.10. The summed E-state index contributed by atoms with van der Waals surface area (Å²) in [5, 5.41) is 3.20. The van der Waals surface area contributed by atoms with Crippen LogP contribution < -0.4 is 5.32 Å². The zero-order chi connectivity index (χ0) is 13.0. The molecule has 1 aromatic rings. The molecule has 17 heavy (non-hydrogen) atoms. The third-order valence-corrected chi connectivity index (χ3v) is 3.21. The van der Waals surface area contributed by atoms with Crippen molar-refractivity contribution in [2.45, 2.75) is 32.7 Å². The van der Waals surface area contributed by atoms with Gasteiger partial charge in [0.2, 0.25) is 0 Å². The van der Waals surface area contributed by atoms with Gasteiger partial charge in [-0.1, -0.05) is 19.9 Å². The summed E-state index contributed by atoms with van der Waals surface area (Å²) in [6.07, 6.45) is 0. The molecular weight excluding hydrogens is 285 g/mol. The second-order valence-corrected chi connectivity index (χ2v) is 5.25. The van der Waals surface area contributed by atoms with Crippen LogP contribution in [-0.4, -0.2) is 18.4 Å². The number of hydrogen-bond acceptors (Lipinski definition) is 2. The van der Waals surface area contributed by atoms with Crippen molar-refractivity contribution < 1.29 is 9.18 Å². The minimum atomic E-state index is -0.335. The van der Waals surface area contributed by atoms with Gasteiger partial charge in [0, 0.05) is 12.6 Å². The molecule has 0 radical (unpaired) electrons. The van der Waals surface area contributed by atoms with E-state index in [0.717, 1.165) is 0 Å². The highest BCUT2D eigenvalue weighted by atomic mass is 79.9. The first-order chi connectivity index (χ1) is 7.91. The van der Waals surface area contributed by atoms with Gasteiger partial charge >= 0.3 is 0 Å². The minimum Gasteiger partial charge on any atom is -0.313 e. The molecule has 0 unspecified atom stereocenters. The van der Waals surface area contributed by atoms with Gasteiger partial charge < -0.3 is 5.32 Å². The highest BCUT2D eigenvalue weighted by Crippen LogP contribution is 2.22. The molecule has 1 N–H and O–H groups in total. The normalized spacial score (nSPS) is 12.8. The van der Waals surface area contributed by atoms with Crippen molar-refractivity contribution in [2.24, 2.45) is 0 Å². The van der Waals surface area contributed by atoms with Gasteiger partial charge in [0.05, 0.1) is 10.4 Å². The fourth-order valence-corrected chi connectivity index (χ4v) is 1.83. The zero-order valence-corrected chi connectivity index (χ0v) is 11.8. The monoisotopic (exact) mass is 301 g/mol. The van der Waals surface area contributed by atoms with Crippen LogP contribution in [0.4, 0.5) is 4.39 Å². The number of nitrogens with one attached hydrogen (secondary N) is 1. The Bertz CT molecular complexity index is 406. The molecule has 0 aliphatic rings. The van der Waals surface area contributed by atoms with E-state index in [4.69, 9.17) is 0 Å². The van der Waals surface area contributed by atoms with Gasteiger partial charge in [0.1, 0.15) is 11.6 Å². The molecule has 0 aromatic heterocycles. The second-order valence-electron chi connectivity index (χ2n) is 4.40. The van der Waals surface area contributed by atoms with Crippen molar-refractivity contribution in [3.63, 3.8) is 0 Å². The third-order valence-electron chi connectivity index (χ3n) is 2.57. The van der Waals surface area contributed by atoms with E-state index >= 15 is 0 Å². The van der Waals surface area contributed by atoms with E-state index in [0.29, 0.717) is 22.6 Å². The number of hydrogen-bond donors (Lipinski definition) is 1. The summed E-state index contributed by atoms with van der Waals surface area (Å²) in [5.74, 6) is -0.585. The van der Waals surface area contributed by atoms with E-state index in [9.17, 15) is 9.18 Å². The highest BCUT2D eigenvalue weighted by molar-refractivity contribution is 9.10. The maximum atomic E-state index is 13.4. The van der Waals surface area contributed by atoms with Gasteiger partial charge in [0.15, 0.2) is 0 Å². The summed E-state index contributed by atoms with van der Waals surface area (Å²) in [5.41, 5.74) is 0.714. The molecule has 0 aliphatic heterocycles. The van der Waals surface area contributed by atoms with Gasteiger partial charge in [-0.2, -0.15) is 0 Å². The molecule has 1 rings (SSSR count). The largest absolute Gasteiger partial charge is 0.313 e. The van der Waals surface area contributed by atoms with Crippen molar-refractivity contribution in [3.05, 3.63) is 34.1 Å². The molecule has 1 aromatic carbocycles. The molecular formula is C13H17BrFNO. The zero-order valence-electron chi connectivity index (χ0n) is 10.3. The summed E-state index contributed by atoms with van der Waals surface area (Å²) >= 11 is 3.10. The van der Waals surface area contributed by atoms with Crippen LogP contribution >= 0.6 is 15.9 Å². The maximum absolute atomic E-state index is 13.4. The van der Waals surface area contributed by atoms with Crippen LogP contribution in [-0.2, 0) is 4.79 Å². The lowest BCUT2D eigenvalue weighted by Crippen LogP contribution is -2.30. The van der Waals surface area contributed by atoms with Crippen LogP contribution in [0.25, 0.3) is 0 Å². The second kappa shape index (κ2) is 6.26. The Balaban J connectivity index is 2.89. The first-order valence-corrected chi connectivity index (χ1v) is 6.40. The topological polar surface area (TPSA) is 29.1 Å². The smallest absolute Gasteiger partial charge is 0.138 e. The Morgan fingerprint density at radius 1 is 1.47 bits per heavy atom. The van der Waals surface area contributed by atoms with Gasteiger partial charge in [-0.05, 0) is 40.5 Å². The van der Waals surface area contributed by atoms with Crippen molar-refractivity contribution in [1.82, 2.24) is 5.32 Å². The number of Topliss-reactive ketones (excluding diaryl/α,β-unsaturated/α-hetero) is 1. The molecule has 94 valence electrons. The molecule has 1 atom stereocenters. The van der Waals surface area contributed by atoms with Crippen molar-refractivity contribution >= 4 is 21.7 Å². The fraction of sp³-hybridized carbons (Fsp3) is 0.462. The van der Waals surface area contributed by atoms with Crippen LogP contribution in [0.3, 0.4) is 0 Å². The molecule has 0 fully saturated rings. The minimum absolute atomic E-state index is 0.0415. The standard InChI is InChI=1S/C13H17BrFNO/c1-8(2)16-7-11(9(3)17)10-4-5-12(14)13(15)6-10/h4-6,8,11,16H,7H2,1-3H3/t11-/m0/s1. The predicted octanol–water partition coefficient (Wildman–Crippen LogP) is 3.26. The average molecular weight is 302 g/mol. The molecule has 0 amide bonds. The fourth-order valence-electron chi connectivity index (χ4n) is 1.58. The van der Waals surface area contributed by atoms with E-state index in [-0.39, 0.29) is 17.5 Å². The summed E-state index contributed by atoms with van der Waals surface area (Å²) < 4.78 is 13.8. The summed E-state index contributed by atoms with van der Waals surface area (Å²) in [7, 11) is 0. The number of ketones is 1. The molecule has 0 bridgehead atoms. The molecule has 0 spiro atoms. The first-order valence-electron chi connectivity index (χ1n) is 5.60.